The maximum Gasteiger partial charge on any atom is 0.418 e. The van der Waals surface area contributed by atoms with Crippen molar-refractivity contribution in [3.63, 3.8) is 0 Å². The molecule has 8 heteroatoms. The monoisotopic (exact) mass is 431 g/mol. The fourth-order valence-electron chi connectivity index (χ4n) is 3.41. The third-order valence-electron chi connectivity index (χ3n) is 5.04. The van der Waals surface area contributed by atoms with Crippen molar-refractivity contribution < 1.29 is 27.5 Å². The number of carbonyl (C=O) groups is 2. The van der Waals surface area contributed by atoms with Crippen molar-refractivity contribution in [2.24, 2.45) is 5.92 Å². The van der Waals surface area contributed by atoms with Crippen LogP contribution in [0.1, 0.15) is 57.1 Å². The second-order valence-electron chi connectivity index (χ2n) is 7.57. The number of nitrogen functional groups attached to an aromatic ring is 1. The maximum absolute atomic E-state index is 13.2. The first-order valence-corrected chi connectivity index (χ1v) is 9.88. The van der Waals surface area contributed by atoms with Gasteiger partial charge in [-0.25, -0.2) is 0 Å². The van der Waals surface area contributed by atoms with Crippen molar-refractivity contribution in [2.45, 2.75) is 64.7 Å². The number of hydrogen-bond acceptors (Lipinski definition) is 4. The number of halogens is 4. The molecule has 0 amide bonds. The van der Waals surface area contributed by atoms with Crippen molar-refractivity contribution in [1.82, 2.24) is 0 Å². The Labute approximate surface area is 173 Å². The Hall–Kier alpha value is -2.02. The summed E-state index contributed by atoms with van der Waals surface area (Å²) in [5, 5.41) is -0.260. The van der Waals surface area contributed by atoms with Gasteiger partial charge in [-0.15, -0.1) is 0 Å². The van der Waals surface area contributed by atoms with Gasteiger partial charge in [0.1, 0.15) is 0 Å². The molecule has 1 aliphatic carbocycles. The van der Waals surface area contributed by atoms with Crippen molar-refractivity contribution in [2.75, 3.05) is 5.73 Å². The standard InChI is InChI=1S/C21H25ClF3NO3/c1-12-4-3-5-14(7-6-12)10-18(28)19(29-13(2)27)11-15-8-16(21(23,24)25)20(26)17(22)9-15/h5,8-9,12,19H,3-4,6-7,10-11,26H2,1-2H3/t12?,19-/m1/s1. The van der Waals surface area contributed by atoms with E-state index in [0.717, 1.165) is 44.2 Å². The lowest BCUT2D eigenvalue weighted by molar-refractivity contribution is -0.152. The normalized spacial score (nSPS) is 18.6. The Morgan fingerprint density at radius 1 is 1.31 bits per heavy atom. The van der Waals surface area contributed by atoms with E-state index in [1.165, 1.54) is 6.07 Å². The van der Waals surface area contributed by atoms with Crippen molar-refractivity contribution in [3.8, 4) is 0 Å². The molecule has 160 valence electrons. The minimum Gasteiger partial charge on any atom is -0.454 e. The smallest absolute Gasteiger partial charge is 0.418 e. The molecular formula is C21H25ClF3NO3. The average molecular weight is 432 g/mol. The molecule has 0 aromatic heterocycles. The second kappa shape index (κ2) is 9.65. The predicted molar refractivity (Wildman–Crippen MR) is 105 cm³/mol. The molecule has 1 aliphatic rings. The van der Waals surface area contributed by atoms with Gasteiger partial charge < -0.3 is 10.5 Å². The molecule has 0 heterocycles. The van der Waals surface area contributed by atoms with Gasteiger partial charge in [-0.3, -0.25) is 9.59 Å². The highest BCUT2D eigenvalue weighted by molar-refractivity contribution is 6.33. The number of ether oxygens (including phenoxy) is 1. The Balaban J connectivity index is 2.22. The van der Waals surface area contributed by atoms with E-state index in [2.05, 4.69) is 6.92 Å². The number of ketones is 1. The third-order valence-corrected chi connectivity index (χ3v) is 5.35. The van der Waals surface area contributed by atoms with E-state index in [9.17, 15) is 22.8 Å². The molecule has 0 radical (unpaired) electrons. The predicted octanol–water partition coefficient (Wildman–Crippen LogP) is 5.51. The van der Waals surface area contributed by atoms with Crippen LogP contribution in [0.15, 0.2) is 23.8 Å². The zero-order chi connectivity index (χ0) is 21.8. The first-order valence-electron chi connectivity index (χ1n) is 9.50. The molecule has 0 spiro atoms. The maximum atomic E-state index is 13.2. The van der Waals surface area contributed by atoms with E-state index < -0.39 is 29.5 Å². The highest BCUT2D eigenvalue weighted by Gasteiger charge is 2.35. The summed E-state index contributed by atoms with van der Waals surface area (Å²) in [6.07, 6.45) is -0.244. The third kappa shape index (κ3) is 6.77. The van der Waals surface area contributed by atoms with Gasteiger partial charge in [0.2, 0.25) is 0 Å². The first kappa shape index (κ1) is 23.3. The lowest BCUT2D eigenvalue weighted by Gasteiger charge is -2.19. The number of benzene rings is 1. The molecule has 0 aliphatic heterocycles. The number of allylic oxidation sites excluding steroid dienone is 2. The van der Waals surface area contributed by atoms with E-state index >= 15 is 0 Å². The van der Waals surface area contributed by atoms with E-state index in [4.69, 9.17) is 22.1 Å². The van der Waals surface area contributed by atoms with Gasteiger partial charge in [0.25, 0.3) is 0 Å². The number of alkyl halides is 3. The number of hydrogen-bond donors (Lipinski definition) is 1. The van der Waals surface area contributed by atoms with Crippen LogP contribution in [0.4, 0.5) is 18.9 Å². The topological polar surface area (TPSA) is 69.4 Å². The molecule has 0 fully saturated rings. The van der Waals surface area contributed by atoms with Gasteiger partial charge in [-0.1, -0.05) is 30.2 Å². The van der Waals surface area contributed by atoms with Crippen LogP contribution in [0.25, 0.3) is 0 Å². The van der Waals surface area contributed by atoms with Crippen LogP contribution in [-0.4, -0.2) is 17.9 Å². The molecule has 2 atom stereocenters. The molecule has 0 bridgehead atoms. The van der Waals surface area contributed by atoms with Gasteiger partial charge in [0.05, 0.1) is 16.3 Å². The lowest BCUT2D eigenvalue weighted by atomic mass is 9.95. The van der Waals surface area contributed by atoms with Crippen molar-refractivity contribution in [3.05, 3.63) is 39.9 Å². The Morgan fingerprint density at radius 2 is 2.00 bits per heavy atom. The van der Waals surface area contributed by atoms with Crippen LogP contribution < -0.4 is 5.73 Å². The SMILES string of the molecule is CC(=O)O[C@H](Cc1cc(Cl)c(N)c(C(F)(F)F)c1)C(=O)CC1=CCCC(C)CC1. The summed E-state index contributed by atoms with van der Waals surface area (Å²) in [5.41, 5.74) is 4.90. The fraction of sp³-hybridized carbons (Fsp3) is 0.524. The van der Waals surface area contributed by atoms with Gasteiger partial charge in [-0.2, -0.15) is 13.2 Å². The molecule has 4 nitrogen and oxygen atoms in total. The quantitative estimate of drug-likeness (QED) is 0.366. The van der Waals surface area contributed by atoms with E-state index in [1.807, 2.05) is 6.08 Å². The summed E-state index contributed by atoms with van der Waals surface area (Å²) < 4.78 is 44.7. The van der Waals surface area contributed by atoms with E-state index in [1.54, 1.807) is 0 Å². The lowest BCUT2D eigenvalue weighted by Crippen LogP contribution is -2.29. The van der Waals surface area contributed by atoms with Crippen LogP contribution in [0.3, 0.4) is 0 Å². The molecular weight excluding hydrogens is 407 g/mol. The van der Waals surface area contributed by atoms with Crippen molar-refractivity contribution >= 4 is 29.0 Å². The number of nitrogens with two attached hydrogens (primary N) is 1. The van der Waals surface area contributed by atoms with Gasteiger partial charge in [0, 0.05) is 19.8 Å². The molecule has 1 aromatic carbocycles. The molecule has 2 rings (SSSR count). The summed E-state index contributed by atoms with van der Waals surface area (Å²) in [7, 11) is 0. The Kier molecular flexibility index (Phi) is 7.74. The summed E-state index contributed by atoms with van der Waals surface area (Å²) >= 11 is 5.85. The van der Waals surface area contributed by atoms with Gasteiger partial charge in [0.15, 0.2) is 11.9 Å². The number of carbonyl (C=O) groups excluding carboxylic acids is 2. The summed E-state index contributed by atoms with van der Waals surface area (Å²) in [6, 6.07) is 2.11. The van der Waals surface area contributed by atoms with Crippen LogP contribution in [0.2, 0.25) is 5.02 Å². The van der Waals surface area contributed by atoms with E-state index in [-0.39, 0.29) is 29.2 Å². The number of Topliss-reactive ketones (excluding diaryl/α,β-unsaturated/α-hetero) is 1. The number of rotatable bonds is 6. The second-order valence-corrected chi connectivity index (χ2v) is 7.97. The molecule has 0 saturated heterocycles. The molecule has 0 saturated carbocycles. The minimum absolute atomic E-state index is 0.111. The average Bonchev–Trinajstić information content (AvgIpc) is 2.80. The summed E-state index contributed by atoms with van der Waals surface area (Å²) in [5.74, 6) is -0.451. The summed E-state index contributed by atoms with van der Waals surface area (Å²) in [6.45, 7) is 3.31. The Bertz CT molecular complexity index is 805. The van der Waals surface area contributed by atoms with Crippen LogP contribution in [0.5, 0.6) is 0 Å². The summed E-state index contributed by atoms with van der Waals surface area (Å²) in [4.78, 5) is 24.3. The largest absolute Gasteiger partial charge is 0.454 e. The van der Waals surface area contributed by atoms with Crippen LogP contribution in [0, 0.1) is 5.92 Å². The zero-order valence-electron chi connectivity index (χ0n) is 16.4. The van der Waals surface area contributed by atoms with Gasteiger partial charge in [-0.05, 0) is 49.3 Å². The molecule has 1 aromatic rings. The van der Waals surface area contributed by atoms with E-state index in [0.29, 0.717) is 5.92 Å². The minimum atomic E-state index is -4.69. The first-order chi connectivity index (χ1) is 13.5. The van der Waals surface area contributed by atoms with Crippen LogP contribution >= 0.6 is 11.6 Å². The van der Waals surface area contributed by atoms with Crippen molar-refractivity contribution in [1.29, 1.82) is 0 Å². The molecule has 1 unspecified atom stereocenters. The zero-order valence-corrected chi connectivity index (χ0v) is 17.2. The fourth-order valence-corrected chi connectivity index (χ4v) is 3.65. The number of anilines is 1. The van der Waals surface area contributed by atoms with Gasteiger partial charge >= 0.3 is 12.1 Å². The Morgan fingerprint density at radius 3 is 2.62 bits per heavy atom. The molecule has 2 N–H and O–H groups in total. The highest BCUT2D eigenvalue weighted by atomic mass is 35.5. The van der Waals surface area contributed by atoms with Crippen LogP contribution in [-0.2, 0) is 26.9 Å². The highest BCUT2D eigenvalue weighted by Crippen LogP contribution is 2.38. The number of esters is 1. The molecule has 29 heavy (non-hydrogen) atoms.